The van der Waals surface area contributed by atoms with Gasteiger partial charge < -0.3 is 14.6 Å². The van der Waals surface area contributed by atoms with E-state index in [0.717, 1.165) is 5.56 Å². The fourth-order valence-corrected chi connectivity index (χ4v) is 3.90. The van der Waals surface area contributed by atoms with E-state index in [1.807, 2.05) is 6.92 Å². The number of methoxy groups -OCH3 is 1. The monoisotopic (exact) mass is 426 g/mol. The molecule has 0 atom stereocenters. The fraction of sp³-hybridized carbons (Fsp3) is 0.227. The van der Waals surface area contributed by atoms with E-state index in [4.69, 9.17) is 9.47 Å². The van der Waals surface area contributed by atoms with Gasteiger partial charge in [0.05, 0.1) is 29.9 Å². The lowest BCUT2D eigenvalue weighted by atomic mass is 10.2. The van der Waals surface area contributed by atoms with Gasteiger partial charge in [-0.05, 0) is 67.6 Å². The third-order valence-electron chi connectivity index (χ3n) is 4.29. The molecule has 1 saturated heterocycles. The van der Waals surface area contributed by atoms with E-state index >= 15 is 0 Å². The molecule has 0 aromatic heterocycles. The normalized spacial score (nSPS) is 16.4. The summed E-state index contributed by atoms with van der Waals surface area (Å²) < 4.78 is 10.2. The highest BCUT2D eigenvalue weighted by molar-refractivity contribution is 8.18. The highest BCUT2D eigenvalue weighted by Crippen LogP contribution is 2.35. The van der Waals surface area contributed by atoms with Gasteiger partial charge in [-0.3, -0.25) is 9.69 Å². The van der Waals surface area contributed by atoms with Gasteiger partial charge in [0.2, 0.25) is 0 Å². The Morgan fingerprint density at radius 3 is 2.73 bits per heavy atom. The van der Waals surface area contributed by atoms with Gasteiger partial charge >= 0.3 is 5.97 Å². The average Bonchev–Trinajstić information content (AvgIpc) is 3.03. The van der Waals surface area contributed by atoms with E-state index in [1.54, 1.807) is 54.3 Å². The Morgan fingerprint density at radius 2 is 2.03 bits per heavy atom. The maximum atomic E-state index is 12.8. The number of ether oxygens (including phenoxy) is 2. The molecule has 0 aliphatic carbocycles. The SMILES string of the molecule is CCOC(=O)c1cccc(N=C2SC(=Cc3ccc(O)c(OC)c3)C(=O)N2CC)c1. The summed E-state index contributed by atoms with van der Waals surface area (Å²) in [5.41, 5.74) is 1.69. The van der Waals surface area contributed by atoms with Crippen LogP contribution in [0, 0.1) is 0 Å². The Morgan fingerprint density at radius 1 is 1.23 bits per heavy atom. The molecule has 0 radical (unpaired) electrons. The zero-order chi connectivity index (χ0) is 21.7. The molecule has 1 amide bonds. The number of carbonyl (C=O) groups is 2. The minimum Gasteiger partial charge on any atom is -0.504 e. The first-order chi connectivity index (χ1) is 14.5. The Bertz CT molecular complexity index is 1030. The second-order valence-electron chi connectivity index (χ2n) is 6.26. The van der Waals surface area contributed by atoms with Crippen molar-refractivity contribution in [3.8, 4) is 11.5 Å². The number of aromatic hydroxyl groups is 1. The number of amidine groups is 1. The first kappa shape index (κ1) is 21.4. The highest BCUT2D eigenvalue weighted by Gasteiger charge is 2.32. The second-order valence-corrected chi connectivity index (χ2v) is 7.27. The van der Waals surface area contributed by atoms with Crippen molar-refractivity contribution >= 4 is 40.6 Å². The van der Waals surface area contributed by atoms with Crippen LogP contribution in [0.15, 0.2) is 52.4 Å². The number of likely N-dealkylation sites (N-methyl/N-ethyl adjacent to an activating group) is 1. The zero-order valence-electron chi connectivity index (χ0n) is 16.9. The standard InChI is InChI=1S/C22H22N2O5S/c1-4-24-20(26)19(12-14-9-10-17(25)18(11-14)28-3)30-22(24)23-16-8-6-7-15(13-16)21(27)29-5-2/h6-13,25H,4-5H2,1-3H3. The van der Waals surface area contributed by atoms with Crippen molar-refractivity contribution in [1.29, 1.82) is 0 Å². The first-order valence-electron chi connectivity index (χ1n) is 9.41. The Kier molecular flexibility index (Phi) is 6.79. The summed E-state index contributed by atoms with van der Waals surface area (Å²) >= 11 is 1.25. The summed E-state index contributed by atoms with van der Waals surface area (Å²) in [7, 11) is 1.47. The van der Waals surface area contributed by atoms with Crippen LogP contribution < -0.4 is 4.74 Å². The molecule has 8 heteroatoms. The number of hydrogen-bond donors (Lipinski definition) is 1. The van der Waals surface area contributed by atoms with Crippen LogP contribution in [-0.4, -0.2) is 47.3 Å². The van der Waals surface area contributed by atoms with Crippen LogP contribution in [0.3, 0.4) is 0 Å². The molecular weight excluding hydrogens is 404 g/mol. The van der Waals surface area contributed by atoms with Crippen LogP contribution in [0.2, 0.25) is 0 Å². The van der Waals surface area contributed by atoms with Crippen molar-refractivity contribution in [1.82, 2.24) is 4.90 Å². The summed E-state index contributed by atoms with van der Waals surface area (Å²) in [6.07, 6.45) is 1.73. The van der Waals surface area contributed by atoms with Crippen LogP contribution in [0.4, 0.5) is 5.69 Å². The molecule has 7 nitrogen and oxygen atoms in total. The van der Waals surface area contributed by atoms with Crippen LogP contribution in [0.1, 0.15) is 29.8 Å². The predicted molar refractivity (Wildman–Crippen MR) is 117 cm³/mol. The molecule has 1 aliphatic heterocycles. The minimum atomic E-state index is -0.413. The van der Waals surface area contributed by atoms with E-state index in [-0.39, 0.29) is 11.7 Å². The Hall–Kier alpha value is -3.26. The van der Waals surface area contributed by atoms with Gasteiger partial charge in [0.1, 0.15) is 0 Å². The second kappa shape index (κ2) is 9.49. The molecule has 156 valence electrons. The lowest BCUT2D eigenvalue weighted by Gasteiger charge is -2.12. The van der Waals surface area contributed by atoms with Crippen molar-refractivity contribution < 1.29 is 24.2 Å². The molecule has 0 saturated carbocycles. The average molecular weight is 426 g/mol. The number of phenolic OH excluding ortho intramolecular Hbond substituents is 1. The van der Waals surface area contributed by atoms with Gasteiger partial charge in [0.15, 0.2) is 16.7 Å². The zero-order valence-corrected chi connectivity index (χ0v) is 17.7. The number of rotatable bonds is 6. The van der Waals surface area contributed by atoms with Crippen molar-refractivity contribution in [3.63, 3.8) is 0 Å². The van der Waals surface area contributed by atoms with Crippen molar-refractivity contribution in [2.75, 3.05) is 20.3 Å². The van der Waals surface area contributed by atoms with Gasteiger partial charge in [0, 0.05) is 6.54 Å². The number of nitrogens with zero attached hydrogens (tertiary/aromatic N) is 2. The minimum absolute atomic E-state index is 0.0315. The predicted octanol–water partition coefficient (Wildman–Crippen LogP) is 4.20. The van der Waals surface area contributed by atoms with Crippen LogP contribution in [-0.2, 0) is 9.53 Å². The van der Waals surface area contributed by atoms with Crippen molar-refractivity contribution in [2.45, 2.75) is 13.8 Å². The maximum absolute atomic E-state index is 12.8. The topological polar surface area (TPSA) is 88.4 Å². The van der Waals surface area contributed by atoms with E-state index < -0.39 is 5.97 Å². The number of amides is 1. The molecule has 2 aromatic carbocycles. The van der Waals surface area contributed by atoms with Gasteiger partial charge in [0.25, 0.3) is 5.91 Å². The number of carbonyl (C=O) groups excluding carboxylic acids is 2. The van der Waals surface area contributed by atoms with E-state index in [1.165, 1.54) is 24.9 Å². The molecule has 1 fully saturated rings. The molecule has 3 rings (SSSR count). The summed E-state index contributed by atoms with van der Waals surface area (Å²) in [5.74, 6) is -0.209. The Balaban J connectivity index is 1.91. The maximum Gasteiger partial charge on any atom is 0.338 e. The quantitative estimate of drug-likeness (QED) is 0.550. The van der Waals surface area contributed by atoms with Gasteiger partial charge in [-0.1, -0.05) is 12.1 Å². The molecule has 1 N–H and O–H groups in total. The molecule has 30 heavy (non-hydrogen) atoms. The number of benzene rings is 2. The van der Waals surface area contributed by atoms with Gasteiger partial charge in [-0.2, -0.15) is 0 Å². The van der Waals surface area contributed by atoms with E-state index in [9.17, 15) is 14.7 Å². The third kappa shape index (κ3) is 4.65. The summed E-state index contributed by atoms with van der Waals surface area (Å²) in [5, 5.41) is 10.3. The summed E-state index contributed by atoms with van der Waals surface area (Å²) in [6, 6.07) is 11.7. The highest BCUT2D eigenvalue weighted by atomic mass is 32.2. The smallest absolute Gasteiger partial charge is 0.338 e. The van der Waals surface area contributed by atoms with Gasteiger partial charge in [-0.15, -0.1) is 0 Å². The molecule has 2 aromatic rings. The van der Waals surface area contributed by atoms with Crippen LogP contribution in [0.5, 0.6) is 11.5 Å². The van der Waals surface area contributed by atoms with E-state index in [2.05, 4.69) is 4.99 Å². The summed E-state index contributed by atoms with van der Waals surface area (Å²) in [4.78, 5) is 31.4. The van der Waals surface area contributed by atoms with Gasteiger partial charge in [-0.25, -0.2) is 9.79 Å². The molecule has 0 spiro atoms. The van der Waals surface area contributed by atoms with E-state index in [0.29, 0.717) is 40.2 Å². The lowest BCUT2D eigenvalue weighted by Crippen LogP contribution is -2.28. The molecule has 0 unspecified atom stereocenters. The number of hydrogen-bond acceptors (Lipinski definition) is 7. The van der Waals surface area contributed by atoms with Crippen LogP contribution >= 0.6 is 11.8 Å². The molecule has 1 aliphatic rings. The number of esters is 1. The molecule has 0 bridgehead atoms. The first-order valence-corrected chi connectivity index (χ1v) is 10.2. The molecular formula is C22H22N2O5S. The van der Waals surface area contributed by atoms with Crippen LogP contribution in [0.25, 0.3) is 6.08 Å². The lowest BCUT2D eigenvalue weighted by molar-refractivity contribution is -0.122. The van der Waals surface area contributed by atoms with Crippen molar-refractivity contribution in [2.24, 2.45) is 4.99 Å². The largest absolute Gasteiger partial charge is 0.504 e. The number of phenols is 1. The third-order valence-corrected chi connectivity index (χ3v) is 5.29. The Labute approximate surface area is 179 Å². The van der Waals surface area contributed by atoms with Crippen molar-refractivity contribution in [3.05, 3.63) is 58.5 Å². The number of aliphatic imine (C=N–C) groups is 1. The summed E-state index contributed by atoms with van der Waals surface area (Å²) in [6.45, 7) is 4.37. The molecule has 1 heterocycles. The number of thioether (sulfide) groups is 1. The fourth-order valence-electron chi connectivity index (χ4n) is 2.83.